The molecule has 1 aromatic heterocycles. The number of hydrogen-bond donors (Lipinski definition) is 1. The predicted octanol–water partition coefficient (Wildman–Crippen LogP) is 4.78. The highest BCUT2D eigenvalue weighted by Gasteiger charge is 2.32. The van der Waals surface area contributed by atoms with Crippen molar-refractivity contribution in [1.82, 2.24) is 9.47 Å². The molecule has 0 saturated heterocycles. The maximum Gasteiger partial charge on any atom is 0.322 e. The average molecular weight is 352 g/mol. The van der Waals surface area contributed by atoms with Crippen molar-refractivity contribution >= 4 is 23.3 Å². The first-order valence-corrected chi connectivity index (χ1v) is 8.63. The number of nitrogens with one attached hydrogen (secondary N) is 1. The Hall–Kier alpha value is -2.72. The van der Waals surface area contributed by atoms with E-state index in [1.165, 1.54) is 0 Å². The van der Waals surface area contributed by atoms with Gasteiger partial charge in [0.2, 0.25) is 0 Å². The van der Waals surface area contributed by atoms with Gasteiger partial charge in [0, 0.05) is 35.7 Å². The van der Waals surface area contributed by atoms with Gasteiger partial charge in [-0.25, -0.2) is 4.79 Å². The number of rotatable bonds is 2. The molecule has 126 valence electrons. The number of nitrogens with zero attached hydrogens (tertiary/aromatic N) is 2. The Labute approximate surface area is 151 Å². The maximum absolute atomic E-state index is 12.9. The van der Waals surface area contributed by atoms with Crippen molar-refractivity contribution in [3.63, 3.8) is 0 Å². The third-order valence-electron chi connectivity index (χ3n) is 4.51. The van der Waals surface area contributed by atoms with Crippen molar-refractivity contribution in [2.75, 3.05) is 11.9 Å². The molecular weight excluding hydrogens is 334 g/mol. The van der Waals surface area contributed by atoms with E-state index in [2.05, 4.69) is 22.1 Å². The van der Waals surface area contributed by atoms with E-state index in [-0.39, 0.29) is 12.1 Å². The van der Waals surface area contributed by atoms with Crippen LogP contribution in [0, 0.1) is 0 Å². The fourth-order valence-electron chi connectivity index (χ4n) is 3.31. The summed E-state index contributed by atoms with van der Waals surface area (Å²) in [6.07, 6.45) is 2.06. The Kier molecular flexibility index (Phi) is 4.20. The summed E-state index contributed by atoms with van der Waals surface area (Å²) in [5.41, 5.74) is 2.95. The van der Waals surface area contributed by atoms with Gasteiger partial charge in [0.25, 0.3) is 0 Å². The number of halogens is 1. The van der Waals surface area contributed by atoms with E-state index in [1.807, 2.05) is 65.6 Å². The number of carbonyl (C=O) groups is 1. The standard InChI is InChI=1S/C20H18ClN3O/c21-16-10-8-15(9-11-16)19-18-7-4-12-23(18)13-14-24(19)20(25)22-17-5-2-1-3-6-17/h1-12,19H,13-14H2,(H,22,25)/t19-/m1/s1. The van der Waals surface area contributed by atoms with Crippen LogP contribution in [0.3, 0.4) is 0 Å². The van der Waals surface area contributed by atoms with E-state index in [1.54, 1.807) is 0 Å². The van der Waals surface area contributed by atoms with Gasteiger partial charge in [0.05, 0.1) is 6.04 Å². The number of fused-ring (bicyclic) bond motifs is 1. The summed E-state index contributed by atoms with van der Waals surface area (Å²) in [6.45, 7) is 1.43. The summed E-state index contributed by atoms with van der Waals surface area (Å²) >= 11 is 6.04. The second-order valence-electron chi connectivity index (χ2n) is 6.07. The topological polar surface area (TPSA) is 37.3 Å². The number of benzene rings is 2. The number of urea groups is 1. The quantitative estimate of drug-likeness (QED) is 0.709. The van der Waals surface area contributed by atoms with E-state index in [0.717, 1.165) is 23.5 Å². The Morgan fingerprint density at radius 3 is 2.48 bits per heavy atom. The van der Waals surface area contributed by atoms with Crippen molar-refractivity contribution < 1.29 is 4.79 Å². The number of carbonyl (C=O) groups excluding carboxylic acids is 1. The summed E-state index contributed by atoms with van der Waals surface area (Å²) in [7, 11) is 0. The molecule has 0 fully saturated rings. The summed E-state index contributed by atoms with van der Waals surface area (Å²) < 4.78 is 2.20. The Balaban J connectivity index is 1.68. The number of aromatic nitrogens is 1. The molecule has 1 aliphatic heterocycles. The van der Waals surface area contributed by atoms with Crippen LogP contribution in [0.1, 0.15) is 17.3 Å². The van der Waals surface area contributed by atoms with E-state index in [0.29, 0.717) is 11.6 Å². The van der Waals surface area contributed by atoms with Crippen molar-refractivity contribution in [2.24, 2.45) is 0 Å². The van der Waals surface area contributed by atoms with E-state index in [9.17, 15) is 4.79 Å². The Morgan fingerprint density at radius 1 is 0.960 bits per heavy atom. The predicted molar refractivity (Wildman–Crippen MR) is 99.9 cm³/mol. The first-order chi connectivity index (χ1) is 12.2. The molecule has 0 saturated carbocycles. The highest BCUT2D eigenvalue weighted by Crippen LogP contribution is 2.33. The first kappa shape index (κ1) is 15.8. The van der Waals surface area contributed by atoms with Crippen molar-refractivity contribution in [3.8, 4) is 0 Å². The van der Waals surface area contributed by atoms with Gasteiger partial charge in [-0.05, 0) is 42.0 Å². The SMILES string of the molecule is O=C(Nc1ccccc1)N1CCn2cccc2[C@H]1c1ccc(Cl)cc1. The van der Waals surface area contributed by atoms with Crippen LogP contribution in [0.25, 0.3) is 0 Å². The molecule has 2 heterocycles. The molecule has 1 atom stereocenters. The van der Waals surface area contributed by atoms with E-state index >= 15 is 0 Å². The average Bonchev–Trinajstić information content (AvgIpc) is 3.11. The van der Waals surface area contributed by atoms with Gasteiger partial charge in [0.1, 0.15) is 0 Å². The molecule has 4 rings (SSSR count). The summed E-state index contributed by atoms with van der Waals surface area (Å²) in [6, 6.07) is 21.1. The summed E-state index contributed by atoms with van der Waals surface area (Å²) in [4.78, 5) is 14.8. The van der Waals surface area contributed by atoms with Crippen LogP contribution in [-0.4, -0.2) is 22.0 Å². The minimum Gasteiger partial charge on any atom is -0.348 e. The van der Waals surface area contributed by atoms with Gasteiger partial charge in [-0.1, -0.05) is 41.9 Å². The second-order valence-corrected chi connectivity index (χ2v) is 6.51. The molecule has 0 bridgehead atoms. The Bertz CT molecular complexity index is 873. The molecule has 1 N–H and O–H groups in total. The highest BCUT2D eigenvalue weighted by molar-refractivity contribution is 6.30. The van der Waals surface area contributed by atoms with Gasteiger partial charge < -0.3 is 14.8 Å². The fraction of sp³-hybridized carbons (Fsp3) is 0.150. The molecule has 5 heteroatoms. The lowest BCUT2D eigenvalue weighted by molar-refractivity contribution is 0.182. The zero-order chi connectivity index (χ0) is 17.2. The lowest BCUT2D eigenvalue weighted by Crippen LogP contribution is -2.44. The summed E-state index contributed by atoms with van der Waals surface area (Å²) in [5.74, 6) is 0. The highest BCUT2D eigenvalue weighted by atomic mass is 35.5. The van der Waals surface area contributed by atoms with Crippen LogP contribution in [0.15, 0.2) is 72.9 Å². The zero-order valence-corrected chi connectivity index (χ0v) is 14.4. The van der Waals surface area contributed by atoms with Gasteiger partial charge >= 0.3 is 6.03 Å². The molecule has 0 unspecified atom stereocenters. The van der Waals surface area contributed by atoms with Crippen molar-refractivity contribution in [2.45, 2.75) is 12.6 Å². The number of anilines is 1. The zero-order valence-electron chi connectivity index (χ0n) is 13.6. The van der Waals surface area contributed by atoms with Crippen LogP contribution < -0.4 is 5.32 Å². The minimum absolute atomic E-state index is 0.0985. The number of hydrogen-bond acceptors (Lipinski definition) is 1. The molecule has 3 aromatic rings. The molecule has 4 nitrogen and oxygen atoms in total. The van der Waals surface area contributed by atoms with Crippen LogP contribution in [0.4, 0.5) is 10.5 Å². The van der Waals surface area contributed by atoms with Crippen molar-refractivity contribution in [3.05, 3.63) is 89.2 Å². The van der Waals surface area contributed by atoms with Gasteiger partial charge in [-0.2, -0.15) is 0 Å². The van der Waals surface area contributed by atoms with Crippen molar-refractivity contribution in [1.29, 1.82) is 0 Å². The number of amides is 2. The molecular formula is C20H18ClN3O. The van der Waals surface area contributed by atoms with Gasteiger partial charge in [-0.15, -0.1) is 0 Å². The normalized spacial score (nSPS) is 16.4. The smallest absolute Gasteiger partial charge is 0.322 e. The van der Waals surface area contributed by atoms with Gasteiger partial charge in [0.15, 0.2) is 0 Å². The van der Waals surface area contributed by atoms with Crippen LogP contribution in [0.2, 0.25) is 5.02 Å². The summed E-state index contributed by atoms with van der Waals surface area (Å²) in [5, 5.41) is 3.69. The Morgan fingerprint density at radius 2 is 1.72 bits per heavy atom. The fourth-order valence-corrected chi connectivity index (χ4v) is 3.44. The molecule has 1 aliphatic rings. The molecule has 0 aliphatic carbocycles. The van der Waals surface area contributed by atoms with E-state index in [4.69, 9.17) is 11.6 Å². The molecule has 2 aromatic carbocycles. The molecule has 2 amide bonds. The largest absolute Gasteiger partial charge is 0.348 e. The van der Waals surface area contributed by atoms with Crippen LogP contribution in [-0.2, 0) is 6.54 Å². The molecule has 0 spiro atoms. The third-order valence-corrected chi connectivity index (χ3v) is 4.76. The second kappa shape index (κ2) is 6.65. The monoisotopic (exact) mass is 351 g/mol. The first-order valence-electron chi connectivity index (χ1n) is 8.25. The molecule has 0 radical (unpaired) electrons. The number of para-hydroxylation sites is 1. The van der Waals surface area contributed by atoms with Crippen LogP contribution >= 0.6 is 11.6 Å². The lowest BCUT2D eigenvalue weighted by Gasteiger charge is -2.37. The van der Waals surface area contributed by atoms with Crippen LogP contribution in [0.5, 0.6) is 0 Å². The van der Waals surface area contributed by atoms with Gasteiger partial charge in [-0.3, -0.25) is 0 Å². The maximum atomic E-state index is 12.9. The minimum atomic E-state index is -0.135. The lowest BCUT2D eigenvalue weighted by atomic mass is 10.0. The molecule has 25 heavy (non-hydrogen) atoms. The third kappa shape index (κ3) is 3.13. The van der Waals surface area contributed by atoms with E-state index < -0.39 is 0 Å².